The third-order valence-corrected chi connectivity index (χ3v) is 5.75. The van der Waals surface area contributed by atoms with Crippen LogP contribution < -0.4 is 10.1 Å². The van der Waals surface area contributed by atoms with Crippen molar-refractivity contribution in [3.8, 4) is 5.75 Å². The lowest BCUT2D eigenvalue weighted by Gasteiger charge is -2.35. The molecule has 1 heterocycles. The molecule has 5 nitrogen and oxygen atoms in total. The largest absolute Gasteiger partial charge is 0.490 e. The first-order valence-corrected chi connectivity index (χ1v) is 9.32. The van der Waals surface area contributed by atoms with Crippen LogP contribution >= 0.6 is 0 Å². The maximum absolute atomic E-state index is 13.6. The molecule has 1 saturated carbocycles. The Morgan fingerprint density at radius 3 is 2.47 bits per heavy atom. The van der Waals surface area contributed by atoms with Crippen molar-refractivity contribution < 1.29 is 37.0 Å². The van der Waals surface area contributed by atoms with Gasteiger partial charge in [-0.25, -0.2) is 9.18 Å². The maximum atomic E-state index is 13.6. The molecule has 0 unspecified atom stereocenters. The van der Waals surface area contributed by atoms with E-state index in [-0.39, 0.29) is 17.2 Å². The molecule has 0 atom stereocenters. The predicted octanol–water partition coefficient (Wildman–Crippen LogP) is 4.75. The fraction of sp³-hybridized carbons (Fsp3) is 0.333. The zero-order valence-electron chi connectivity index (χ0n) is 15.6. The van der Waals surface area contributed by atoms with E-state index >= 15 is 0 Å². The second-order valence-corrected chi connectivity index (χ2v) is 7.59. The van der Waals surface area contributed by atoms with Gasteiger partial charge in [0.25, 0.3) is 0 Å². The van der Waals surface area contributed by atoms with Gasteiger partial charge in [0.2, 0.25) is 5.91 Å². The van der Waals surface area contributed by atoms with Crippen LogP contribution in [-0.2, 0) is 16.4 Å². The van der Waals surface area contributed by atoms with Crippen LogP contribution in [0.15, 0.2) is 36.4 Å². The summed E-state index contributed by atoms with van der Waals surface area (Å²) in [4.78, 5) is 24.0. The number of anilines is 1. The van der Waals surface area contributed by atoms with Crippen molar-refractivity contribution in [2.24, 2.45) is 0 Å². The third-order valence-electron chi connectivity index (χ3n) is 5.75. The fourth-order valence-electron chi connectivity index (χ4n) is 4.23. The summed E-state index contributed by atoms with van der Waals surface area (Å²) in [6, 6.07) is 6.51. The second kappa shape index (κ2) is 7.00. The zero-order chi connectivity index (χ0) is 21.7. The van der Waals surface area contributed by atoms with E-state index in [2.05, 4.69) is 5.32 Å². The summed E-state index contributed by atoms with van der Waals surface area (Å²) in [5, 5.41) is 12.0. The number of hydrogen-bond acceptors (Lipinski definition) is 3. The molecular formula is C21H17F4NO4. The van der Waals surface area contributed by atoms with Crippen LogP contribution in [0, 0.1) is 5.82 Å². The molecule has 0 saturated heterocycles. The van der Waals surface area contributed by atoms with Crippen LogP contribution in [0.25, 0.3) is 0 Å². The number of hydrogen-bond donors (Lipinski definition) is 2. The topological polar surface area (TPSA) is 75.6 Å². The van der Waals surface area contributed by atoms with Crippen LogP contribution in [0.4, 0.5) is 23.2 Å². The van der Waals surface area contributed by atoms with Crippen LogP contribution in [0.5, 0.6) is 5.75 Å². The number of rotatable bonds is 3. The average molecular weight is 423 g/mol. The molecule has 1 aliphatic heterocycles. The molecule has 2 aromatic carbocycles. The highest BCUT2D eigenvalue weighted by molar-refractivity contribution is 6.07. The summed E-state index contributed by atoms with van der Waals surface area (Å²) in [7, 11) is 0. The quantitative estimate of drug-likeness (QED) is 0.699. The van der Waals surface area contributed by atoms with E-state index in [4.69, 9.17) is 4.74 Å². The minimum absolute atomic E-state index is 0.0717. The Hall–Kier alpha value is -3.10. The van der Waals surface area contributed by atoms with Crippen LogP contribution in [-0.4, -0.2) is 23.1 Å². The van der Waals surface area contributed by atoms with E-state index in [0.29, 0.717) is 43.0 Å². The van der Waals surface area contributed by atoms with Crippen molar-refractivity contribution in [1.82, 2.24) is 0 Å². The van der Waals surface area contributed by atoms with Crippen molar-refractivity contribution in [3.05, 3.63) is 58.9 Å². The smallest absolute Gasteiger partial charge is 0.416 e. The number of alkyl halides is 3. The van der Waals surface area contributed by atoms with Crippen molar-refractivity contribution in [3.63, 3.8) is 0 Å². The Balaban J connectivity index is 1.53. The number of benzene rings is 2. The molecule has 9 heteroatoms. The fourth-order valence-corrected chi connectivity index (χ4v) is 4.23. The van der Waals surface area contributed by atoms with Gasteiger partial charge in [-0.2, -0.15) is 13.2 Å². The molecule has 2 aliphatic rings. The SMILES string of the molecule is O=C(O)c1ccc2c(c1)C1(CCC(Oc3cc(F)cc(C(F)(F)F)c3)CC1)C(=O)N2. The number of halogens is 4. The standard InChI is InChI=1S/C21H17F4NO4/c22-13-8-12(21(23,24)25)9-15(10-13)30-14-3-5-20(6-4-14)16-7-11(18(27)28)1-2-17(16)26-19(20)29/h1-2,7-10,14H,3-6H2,(H,26,29)(H,27,28). The monoisotopic (exact) mass is 423 g/mol. The number of aromatic carboxylic acids is 1. The number of carbonyl (C=O) groups is 2. The lowest BCUT2D eigenvalue weighted by Crippen LogP contribution is -2.41. The molecule has 1 fully saturated rings. The minimum atomic E-state index is -4.69. The number of carbonyl (C=O) groups excluding carboxylic acids is 1. The Morgan fingerprint density at radius 2 is 1.83 bits per heavy atom. The zero-order valence-corrected chi connectivity index (χ0v) is 15.6. The Labute approximate surface area is 168 Å². The summed E-state index contributed by atoms with van der Waals surface area (Å²) >= 11 is 0. The molecular weight excluding hydrogens is 406 g/mol. The molecule has 1 aliphatic carbocycles. The highest BCUT2D eigenvalue weighted by Crippen LogP contribution is 2.48. The first kappa shape index (κ1) is 20.2. The van der Waals surface area contributed by atoms with Crippen LogP contribution in [0.3, 0.4) is 0 Å². The van der Waals surface area contributed by atoms with E-state index < -0.39 is 35.0 Å². The molecule has 0 aromatic heterocycles. The summed E-state index contributed by atoms with van der Waals surface area (Å²) in [6.45, 7) is 0. The maximum Gasteiger partial charge on any atom is 0.416 e. The first-order valence-electron chi connectivity index (χ1n) is 9.32. The Morgan fingerprint density at radius 1 is 1.13 bits per heavy atom. The van der Waals surface area contributed by atoms with Crippen molar-refractivity contribution in [2.75, 3.05) is 5.32 Å². The lowest BCUT2D eigenvalue weighted by molar-refractivity contribution is -0.138. The van der Waals surface area contributed by atoms with Gasteiger partial charge in [-0.05, 0) is 61.6 Å². The Kier molecular flexibility index (Phi) is 4.71. The molecule has 0 bridgehead atoms. The van der Waals surface area contributed by atoms with Crippen molar-refractivity contribution >= 4 is 17.6 Å². The molecule has 4 rings (SSSR count). The van der Waals surface area contributed by atoms with Gasteiger partial charge < -0.3 is 15.2 Å². The van der Waals surface area contributed by atoms with Gasteiger partial charge in [-0.15, -0.1) is 0 Å². The van der Waals surface area contributed by atoms with Gasteiger partial charge in [-0.1, -0.05) is 0 Å². The van der Waals surface area contributed by atoms with Gasteiger partial charge >= 0.3 is 12.1 Å². The number of fused-ring (bicyclic) bond motifs is 2. The van der Waals surface area contributed by atoms with Crippen molar-refractivity contribution in [2.45, 2.75) is 43.4 Å². The van der Waals surface area contributed by atoms with E-state index in [0.717, 1.165) is 12.1 Å². The molecule has 1 spiro atoms. The highest BCUT2D eigenvalue weighted by Gasteiger charge is 2.49. The molecule has 158 valence electrons. The molecule has 2 aromatic rings. The van der Waals surface area contributed by atoms with E-state index in [1.165, 1.54) is 12.1 Å². The van der Waals surface area contributed by atoms with Gasteiger partial charge in [-0.3, -0.25) is 4.79 Å². The number of nitrogens with one attached hydrogen (secondary N) is 1. The normalized spacial score (nSPS) is 23.2. The average Bonchev–Trinajstić information content (AvgIpc) is 2.93. The van der Waals surface area contributed by atoms with Gasteiger partial charge in [0.1, 0.15) is 11.6 Å². The molecule has 2 N–H and O–H groups in total. The lowest BCUT2D eigenvalue weighted by atomic mass is 9.69. The molecule has 1 amide bonds. The van der Waals surface area contributed by atoms with Crippen molar-refractivity contribution in [1.29, 1.82) is 0 Å². The minimum Gasteiger partial charge on any atom is -0.490 e. The predicted molar refractivity (Wildman–Crippen MR) is 98.0 cm³/mol. The number of ether oxygens (including phenoxy) is 1. The summed E-state index contributed by atoms with van der Waals surface area (Å²) < 4.78 is 57.9. The first-order chi connectivity index (χ1) is 14.1. The van der Waals surface area contributed by atoms with Crippen LogP contribution in [0.1, 0.15) is 47.2 Å². The van der Waals surface area contributed by atoms with Crippen LogP contribution in [0.2, 0.25) is 0 Å². The summed E-state index contributed by atoms with van der Waals surface area (Å²) in [5.41, 5.74) is -0.794. The third kappa shape index (κ3) is 3.48. The molecule has 0 radical (unpaired) electrons. The second-order valence-electron chi connectivity index (χ2n) is 7.59. The number of carboxylic acid groups (broad SMARTS) is 1. The van der Waals surface area contributed by atoms with E-state index in [1.54, 1.807) is 6.07 Å². The van der Waals surface area contributed by atoms with Gasteiger partial charge in [0, 0.05) is 11.8 Å². The Bertz CT molecular complexity index is 1030. The summed E-state index contributed by atoms with van der Waals surface area (Å²) in [6.07, 6.45) is -3.81. The number of amides is 1. The van der Waals surface area contributed by atoms with E-state index in [9.17, 15) is 32.3 Å². The summed E-state index contributed by atoms with van der Waals surface area (Å²) in [5.74, 6) is -2.59. The van der Waals surface area contributed by atoms with E-state index in [1.807, 2.05) is 0 Å². The highest BCUT2D eigenvalue weighted by atomic mass is 19.4. The number of carboxylic acids is 1. The molecule has 30 heavy (non-hydrogen) atoms. The van der Waals surface area contributed by atoms with Gasteiger partial charge in [0.05, 0.1) is 22.6 Å². The van der Waals surface area contributed by atoms with Gasteiger partial charge in [0.15, 0.2) is 0 Å².